The van der Waals surface area contributed by atoms with Gasteiger partial charge in [0, 0.05) is 6.20 Å². The molecule has 2 rings (SSSR count). The van der Waals surface area contributed by atoms with Gasteiger partial charge in [0.15, 0.2) is 9.84 Å². The van der Waals surface area contributed by atoms with Gasteiger partial charge >= 0.3 is 0 Å². The van der Waals surface area contributed by atoms with E-state index < -0.39 is 15.7 Å². The number of benzene rings is 1. The van der Waals surface area contributed by atoms with Crippen LogP contribution in [0.25, 0.3) is 0 Å². The van der Waals surface area contributed by atoms with Crippen LogP contribution >= 0.6 is 0 Å². The van der Waals surface area contributed by atoms with Crippen LogP contribution in [0, 0.1) is 5.82 Å². The topological polar surface area (TPSA) is 47.0 Å². The molecule has 0 spiro atoms. The van der Waals surface area contributed by atoms with Gasteiger partial charge in [-0.25, -0.2) is 12.8 Å². The van der Waals surface area contributed by atoms with Crippen molar-refractivity contribution in [2.45, 2.75) is 10.6 Å². The molecular weight excluding hydrogens is 241 g/mol. The summed E-state index contributed by atoms with van der Waals surface area (Å²) in [5.41, 5.74) is 0.469. The van der Waals surface area contributed by atoms with E-state index in [9.17, 15) is 12.8 Å². The van der Waals surface area contributed by atoms with Crippen LogP contribution < -0.4 is 0 Å². The van der Waals surface area contributed by atoms with Crippen LogP contribution in [0.15, 0.2) is 53.6 Å². The molecule has 0 fully saturated rings. The van der Waals surface area contributed by atoms with Crippen LogP contribution in [-0.2, 0) is 15.6 Å². The highest BCUT2D eigenvalue weighted by Gasteiger charge is 2.15. The second-order valence-corrected chi connectivity index (χ2v) is 5.52. The summed E-state index contributed by atoms with van der Waals surface area (Å²) >= 11 is 0. The molecule has 17 heavy (non-hydrogen) atoms. The molecule has 0 aliphatic heterocycles. The Balaban J connectivity index is 2.29. The molecule has 2 aromatic rings. The first-order chi connectivity index (χ1) is 8.08. The summed E-state index contributed by atoms with van der Waals surface area (Å²) in [7, 11) is -3.46. The summed E-state index contributed by atoms with van der Waals surface area (Å²) in [5.74, 6) is -0.638. The Hall–Kier alpha value is -1.75. The van der Waals surface area contributed by atoms with Crippen molar-refractivity contribution in [3.05, 3.63) is 60.2 Å². The molecule has 0 bridgehead atoms. The number of aromatic nitrogens is 1. The number of hydrogen-bond acceptors (Lipinski definition) is 3. The first-order valence-electron chi connectivity index (χ1n) is 4.96. The number of hydrogen-bond donors (Lipinski definition) is 0. The van der Waals surface area contributed by atoms with E-state index in [4.69, 9.17) is 0 Å². The fourth-order valence-electron chi connectivity index (χ4n) is 1.40. The zero-order valence-electron chi connectivity index (χ0n) is 8.88. The first kappa shape index (κ1) is 11.7. The van der Waals surface area contributed by atoms with Crippen LogP contribution in [0.3, 0.4) is 0 Å². The predicted octanol–water partition coefficient (Wildman–Crippen LogP) is 2.19. The molecule has 88 valence electrons. The summed E-state index contributed by atoms with van der Waals surface area (Å²) in [5, 5.41) is 0. The minimum absolute atomic E-state index is 0.101. The molecular formula is C12H10FNO2S. The molecule has 1 aromatic heterocycles. The van der Waals surface area contributed by atoms with Crippen LogP contribution in [0.4, 0.5) is 4.39 Å². The van der Waals surface area contributed by atoms with E-state index in [-0.39, 0.29) is 10.6 Å². The third kappa shape index (κ3) is 2.88. The standard InChI is InChI=1S/C12H10FNO2S/c13-10-4-6-12(7-5-10)17(15,16)9-11-3-1-2-8-14-11/h1-8H,9H2. The van der Waals surface area contributed by atoms with Crippen LogP contribution in [0.5, 0.6) is 0 Å². The Labute approximate surface area is 98.9 Å². The molecule has 0 N–H and O–H groups in total. The summed E-state index contributed by atoms with van der Waals surface area (Å²) in [6.07, 6.45) is 1.54. The van der Waals surface area contributed by atoms with Crippen molar-refractivity contribution in [3.8, 4) is 0 Å². The molecule has 0 unspecified atom stereocenters. The van der Waals surface area contributed by atoms with Crippen molar-refractivity contribution in [1.29, 1.82) is 0 Å². The van der Waals surface area contributed by atoms with Crippen LogP contribution in [0.2, 0.25) is 0 Å². The molecule has 1 heterocycles. The van der Waals surface area contributed by atoms with Crippen molar-refractivity contribution < 1.29 is 12.8 Å². The van der Waals surface area contributed by atoms with Gasteiger partial charge in [-0.1, -0.05) is 6.07 Å². The Kier molecular flexibility index (Phi) is 3.19. The van der Waals surface area contributed by atoms with Gasteiger partial charge in [0.25, 0.3) is 0 Å². The third-order valence-corrected chi connectivity index (χ3v) is 3.90. The van der Waals surface area contributed by atoms with E-state index in [1.165, 1.54) is 18.3 Å². The van der Waals surface area contributed by atoms with E-state index in [1.54, 1.807) is 18.2 Å². The summed E-state index contributed by atoms with van der Waals surface area (Å²) in [6, 6.07) is 9.86. The predicted molar refractivity (Wildman–Crippen MR) is 61.5 cm³/mol. The lowest BCUT2D eigenvalue weighted by molar-refractivity contribution is 0.593. The monoisotopic (exact) mass is 251 g/mol. The summed E-state index contributed by atoms with van der Waals surface area (Å²) in [4.78, 5) is 4.06. The maximum absolute atomic E-state index is 12.7. The fourth-order valence-corrected chi connectivity index (χ4v) is 2.68. The molecule has 5 heteroatoms. The molecule has 0 amide bonds. The zero-order valence-corrected chi connectivity index (χ0v) is 9.69. The van der Waals surface area contributed by atoms with Crippen molar-refractivity contribution >= 4 is 9.84 Å². The zero-order chi connectivity index (χ0) is 12.3. The lowest BCUT2D eigenvalue weighted by Gasteiger charge is -2.03. The van der Waals surface area contributed by atoms with Gasteiger partial charge in [0.05, 0.1) is 16.3 Å². The SMILES string of the molecule is O=S(=O)(Cc1ccccn1)c1ccc(F)cc1. The van der Waals surface area contributed by atoms with E-state index in [1.807, 2.05) is 0 Å². The average Bonchev–Trinajstić information content (AvgIpc) is 2.30. The number of rotatable bonds is 3. The largest absolute Gasteiger partial charge is 0.260 e. The van der Waals surface area contributed by atoms with Gasteiger partial charge in [-0.05, 0) is 36.4 Å². The fraction of sp³-hybridized carbons (Fsp3) is 0.0833. The van der Waals surface area contributed by atoms with Crippen molar-refractivity contribution in [2.75, 3.05) is 0 Å². The lowest BCUT2D eigenvalue weighted by atomic mass is 10.3. The number of halogens is 1. The first-order valence-corrected chi connectivity index (χ1v) is 6.61. The minimum Gasteiger partial charge on any atom is -0.260 e. The second kappa shape index (κ2) is 4.63. The van der Waals surface area contributed by atoms with Crippen LogP contribution in [-0.4, -0.2) is 13.4 Å². The molecule has 0 atom stereocenters. The van der Waals surface area contributed by atoms with Crippen LogP contribution in [0.1, 0.15) is 5.69 Å². The highest BCUT2D eigenvalue weighted by atomic mass is 32.2. The Morgan fingerprint density at radius 1 is 1.06 bits per heavy atom. The third-order valence-electron chi connectivity index (χ3n) is 2.24. The lowest BCUT2D eigenvalue weighted by Crippen LogP contribution is -2.06. The van der Waals surface area contributed by atoms with E-state index in [0.717, 1.165) is 12.1 Å². The summed E-state index contributed by atoms with van der Waals surface area (Å²) < 4.78 is 36.6. The van der Waals surface area contributed by atoms with Crippen molar-refractivity contribution in [3.63, 3.8) is 0 Å². The molecule has 0 saturated heterocycles. The second-order valence-electron chi connectivity index (χ2n) is 3.53. The number of pyridine rings is 1. The average molecular weight is 251 g/mol. The molecule has 0 saturated carbocycles. The van der Waals surface area contributed by atoms with Gasteiger partial charge in [-0.2, -0.15) is 0 Å². The molecule has 1 aromatic carbocycles. The highest BCUT2D eigenvalue weighted by molar-refractivity contribution is 7.90. The molecule has 0 aliphatic rings. The minimum atomic E-state index is -3.46. The normalized spacial score (nSPS) is 11.4. The molecule has 0 radical (unpaired) electrons. The van der Waals surface area contributed by atoms with Gasteiger partial charge in [-0.3, -0.25) is 4.98 Å². The van der Waals surface area contributed by atoms with Crippen molar-refractivity contribution in [2.24, 2.45) is 0 Å². The van der Waals surface area contributed by atoms with E-state index >= 15 is 0 Å². The smallest absolute Gasteiger partial charge is 0.184 e. The van der Waals surface area contributed by atoms with Gasteiger partial charge in [0.1, 0.15) is 5.82 Å². The van der Waals surface area contributed by atoms with Gasteiger partial charge < -0.3 is 0 Å². The molecule has 3 nitrogen and oxygen atoms in total. The van der Waals surface area contributed by atoms with Gasteiger partial charge in [0.2, 0.25) is 0 Å². The van der Waals surface area contributed by atoms with E-state index in [2.05, 4.69) is 4.98 Å². The van der Waals surface area contributed by atoms with Crippen molar-refractivity contribution in [1.82, 2.24) is 4.98 Å². The number of sulfone groups is 1. The quantitative estimate of drug-likeness (QED) is 0.786. The Bertz CT molecular complexity index is 594. The maximum atomic E-state index is 12.7. The highest BCUT2D eigenvalue weighted by Crippen LogP contribution is 2.15. The summed E-state index contributed by atoms with van der Waals surface area (Å²) in [6.45, 7) is 0. The maximum Gasteiger partial charge on any atom is 0.184 e. The number of nitrogens with zero attached hydrogens (tertiary/aromatic N) is 1. The Morgan fingerprint density at radius 3 is 2.35 bits per heavy atom. The molecule has 0 aliphatic carbocycles. The Morgan fingerprint density at radius 2 is 1.76 bits per heavy atom. The van der Waals surface area contributed by atoms with Gasteiger partial charge in [-0.15, -0.1) is 0 Å². The van der Waals surface area contributed by atoms with E-state index in [0.29, 0.717) is 5.69 Å².